The lowest BCUT2D eigenvalue weighted by Crippen LogP contribution is -2.19. The van der Waals surface area contributed by atoms with E-state index >= 15 is 0 Å². The van der Waals surface area contributed by atoms with E-state index in [1.54, 1.807) is 0 Å². The number of hydrogen-bond acceptors (Lipinski definition) is 3. The first-order valence-corrected chi connectivity index (χ1v) is 13.5. The number of allylic oxidation sites excluding steroid dienone is 10. The fourth-order valence-electron chi connectivity index (χ4n) is 4.18. The predicted octanol–water partition coefficient (Wildman–Crippen LogP) is 7.78. The van der Waals surface area contributed by atoms with Gasteiger partial charge in [-0.1, -0.05) is 87.7 Å². The Morgan fingerprint density at radius 3 is 2.31 bits per heavy atom. The fourth-order valence-corrected chi connectivity index (χ4v) is 5.35. The lowest BCUT2D eigenvalue weighted by Gasteiger charge is -2.15. The molecule has 0 atom stereocenters. The minimum Gasteiger partial charge on any atom is -0.362 e. The predicted molar refractivity (Wildman–Crippen MR) is 163 cm³/mol. The molecule has 1 aromatic carbocycles. The lowest BCUT2D eigenvalue weighted by molar-refractivity contribution is 0.909. The van der Waals surface area contributed by atoms with Crippen molar-refractivity contribution in [2.75, 3.05) is 0 Å². The zero-order valence-corrected chi connectivity index (χ0v) is 22.9. The van der Waals surface area contributed by atoms with Crippen molar-refractivity contribution < 1.29 is 0 Å². The normalized spacial score (nSPS) is 19.2. The van der Waals surface area contributed by atoms with E-state index in [0.29, 0.717) is 0 Å². The van der Waals surface area contributed by atoms with Crippen LogP contribution in [0.4, 0.5) is 0 Å². The van der Waals surface area contributed by atoms with Crippen LogP contribution in [0.5, 0.6) is 0 Å². The Morgan fingerprint density at radius 1 is 0.944 bits per heavy atom. The molecule has 0 fully saturated rings. The van der Waals surface area contributed by atoms with Crippen molar-refractivity contribution in [3.05, 3.63) is 117 Å². The highest BCUT2D eigenvalue weighted by Gasteiger charge is 2.18. The molecule has 3 heteroatoms. The van der Waals surface area contributed by atoms with Crippen molar-refractivity contribution in [2.45, 2.75) is 52.9 Å². The van der Waals surface area contributed by atoms with Gasteiger partial charge in [-0.25, -0.2) is 0 Å². The summed E-state index contributed by atoms with van der Waals surface area (Å²) >= 11 is 1.88. The summed E-state index contributed by atoms with van der Waals surface area (Å²) in [6.45, 7) is 17.1. The van der Waals surface area contributed by atoms with E-state index in [4.69, 9.17) is 5.41 Å². The van der Waals surface area contributed by atoms with E-state index < -0.39 is 0 Å². The number of nitrogens with one attached hydrogen (secondary N) is 2. The van der Waals surface area contributed by atoms with E-state index in [1.807, 2.05) is 31.3 Å². The van der Waals surface area contributed by atoms with Crippen molar-refractivity contribution in [3.63, 3.8) is 0 Å². The van der Waals surface area contributed by atoms with Gasteiger partial charge in [-0.05, 0) is 79.5 Å². The molecule has 2 aliphatic carbocycles. The zero-order valence-electron chi connectivity index (χ0n) is 22.1. The Hall–Kier alpha value is -3.43. The highest BCUT2D eigenvalue weighted by molar-refractivity contribution is 7.10. The van der Waals surface area contributed by atoms with Gasteiger partial charge in [0.1, 0.15) is 0 Å². The molecule has 2 heterocycles. The van der Waals surface area contributed by atoms with Gasteiger partial charge in [0.25, 0.3) is 0 Å². The SMILES string of the molecule is C1=CCCC=C1.C=C1/C=C\C=C(\C)N/C(=C/C=c2/sc3c(c2=C)-c2ccccc2CC3)C1.C=N.CC. The molecule has 2 N–H and O–H groups in total. The molecule has 0 spiro atoms. The second kappa shape index (κ2) is 15.5. The summed E-state index contributed by atoms with van der Waals surface area (Å²) in [6.07, 6.45) is 24.7. The average molecular weight is 497 g/mol. The number of fused-ring (bicyclic) bond motifs is 3. The van der Waals surface area contributed by atoms with Gasteiger partial charge in [-0.3, -0.25) is 0 Å². The second-order valence-corrected chi connectivity index (χ2v) is 9.50. The van der Waals surface area contributed by atoms with Crippen molar-refractivity contribution in [1.29, 1.82) is 5.41 Å². The Balaban J connectivity index is 0.000000390. The van der Waals surface area contributed by atoms with Crippen LogP contribution in [0.25, 0.3) is 23.8 Å². The maximum Gasteiger partial charge on any atom is 0.0346 e. The Bertz CT molecular complexity index is 1270. The molecule has 36 heavy (non-hydrogen) atoms. The van der Waals surface area contributed by atoms with E-state index in [-0.39, 0.29) is 0 Å². The van der Waals surface area contributed by atoms with Gasteiger partial charge < -0.3 is 10.7 Å². The third kappa shape index (κ3) is 8.07. The van der Waals surface area contributed by atoms with Crippen molar-refractivity contribution in [2.24, 2.45) is 0 Å². The molecule has 2 aromatic rings. The Kier molecular flexibility index (Phi) is 12.4. The third-order valence-corrected chi connectivity index (χ3v) is 7.05. The van der Waals surface area contributed by atoms with Crippen LogP contribution in [0.2, 0.25) is 0 Å². The summed E-state index contributed by atoms with van der Waals surface area (Å²) in [7, 11) is 0. The molecule has 0 saturated carbocycles. The Labute approximate surface area is 221 Å². The third-order valence-electron chi connectivity index (χ3n) is 5.79. The summed E-state index contributed by atoms with van der Waals surface area (Å²) in [5.41, 5.74) is 7.58. The van der Waals surface area contributed by atoms with E-state index in [2.05, 4.69) is 105 Å². The van der Waals surface area contributed by atoms with Crippen LogP contribution >= 0.6 is 11.3 Å². The maximum atomic E-state index is 5.50. The van der Waals surface area contributed by atoms with Gasteiger partial charge in [0.15, 0.2) is 0 Å². The first-order chi connectivity index (χ1) is 17.6. The molecule has 1 aromatic heterocycles. The van der Waals surface area contributed by atoms with Gasteiger partial charge >= 0.3 is 0 Å². The van der Waals surface area contributed by atoms with Gasteiger partial charge in [0, 0.05) is 32.8 Å². The monoisotopic (exact) mass is 496 g/mol. The van der Waals surface area contributed by atoms with Crippen molar-refractivity contribution in [3.8, 4) is 11.1 Å². The summed E-state index contributed by atoms with van der Waals surface area (Å²) in [5.74, 6) is 0. The van der Waals surface area contributed by atoms with E-state index in [1.165, 1.54) is 44.6 Å². The highest BCUT2D eigenvalue weighted by Crippen LogP contribution is 2.32. The molecule has 1 aliphatic heterocycles. The number of benzene rings is 1. The quantitative estimate of drug-likeness (QED) is 0.389. The van der Waals surface area contributed by atoms with Crippen LogP contribution in [0.3, 0.4) is 0 Å². The fraction of sp³-hybridized carbons (Fsp3) is 0.242. The van der Waals surface area contributed by atoms with Crippen molar-refractivity contribution in [1.82, 2.24) is 5.32 Å². The number of thiophene rings is 1. The summed E-state index contributed by atoms with van der Waals surface area (Å²) in [5, 5.41) is 10.1. The zero-order chi connectivity index (χ0) is 26.3. The topological polar surface area (TPSA) is 35.9 Å². The van der Waals surface area contributed by atoms with Crippen LogP contribution in [-0.2, 0) is 12.8 Å². The highest BCUT2D eigenvalue weighted by atomic mass is 32.1. The van der Waals surface area contributed by atoms with Crippen LogP contribution in [-0.4, -0.2) is 6.72 Å². The smallest absolute Gasteiger partial charge is 0.0346 e. The lowest BCUT2D eigenvalue weighted by atomic mass is 9.90. The van der Waals surface area contributed by atoms with Gasteiger partial charge in [0.2, 0.25) is 0 Å². The van der Waals surface area contributed by atoms with Crippen LogP contribution in [0.15, 0.2) is 96.4 Å². The number of rotatable bonds is 1. The van der Waals surface area contributed by atoms with Gasteiger partial charge in [-0.2, -0.15) is 0 Å². The minimum atomic E-state index is 0.832. The molecule has 3 aliphatic rings. The average Bonchev–Trinajstić information content (AvgIpc) is 3.25. The molecule has 0 bridgehead atoms. The molecular weight excluding hydrogens is 456 g/mol. The molecule has 5 rings (SSSR count). The van der Waals surface area contributed by atoms with Crippen LogP contribution in [0, 0.1) is 5.41 Å². The summed E-state index contributed by atoms with van der Waals surface area (Å²) in [6, 6.07) is 8.74. The molecule has 0 saturated heterocycles. The molecule has 188 valence electrons. The standard InChI is InChI=1S/C24H23NS.C6H8.C2H6.CH3N/c1-16-7-6-8-17(2)25-20(15-16)12-14-22-18(3)24-21-10-5-4-9-19(21)11-13-23(24)26-22;1-2-4-6-5-3-1;2*1-2/h4-10,12,14,25H,1,3,11,13,15H2,2H3;1-4H,5-6H2;1-2H3;2H,1H2/b7-6-,17-8-,20-12+,22-14+;;;. The van der Waals surface area contributed by atoms with E-state index in [0.717, 1.165) is 35.8 Å². The summed E-state index contributed by atoms with van der Waals surface area (Å²) in [4.78, 5) is 1.47. The number of aryl methyl sites for hydroxylation is 2. The second-order valence-electron chi connectivity index (χ2n) is 8.36. The summed E-state index contributed by atoms with van der Waals surface area (Å²) < 4.78 is 1.26. The molecule has 0 amide bonds. The van der Waals surface area contributed by atoms with Gasteiger partial charge in [0.05, 0.1) is 0 Å². The molecular formula is C33H40N2S. The van der Waals surface area contributed by atoms with Crippen LogP contribution in [0.1, 0.15) is 50.5 Å². The minimum absolute atomic E-state index is 0.832. The first-order valence-electron chi connectivity index (χ1n) is 12.7. The van der Waals surface area contributed by atoms with Gasteiger partial charge in [-0.15, -0.1) is 11.3 Å². The molecule has 2 nitrogen and oxygen atoms in total. The molecule has 0 unspecified atom stereocenters. The van der Waals surface area contributed by atoms with Crippen molar-refractivity contribution >= 4 is 30.7 Å². The largest absolute Gasteiger partial charge is 0.362 e. The van der Waals surface area contributed by atoms with E-state index in [9.17, 15) is 0 Å². The molecule has 0 radical (unpaired) electrons. The Morgan fingerprint density at radius 2 is 1.64 bits per heavy atom. The number of hydrogen-bond donors (Lipinski definition) is 2. The first kappa shape index (κ1) is 28.8. The van der Waals surface area contributed by atoms with Crippen LogP contribution < -0.4 is 15.1 Å². The maximum absolute atomic E-state index is 5.50.